The van der Waals surface area contributed by atoms with Gasteiger partial charge in [0.25, 0.3) is 0 Å². The number of carbonyl (C=O) groups is 2. The van der Waals surface area contributed by atoms with Crippen LogP contribution < -0.4 is 0 Å². The molecule has 0 aromatic carbocycles. The Labute approximate surface area is 108 Å². The summed E-state index contributed by atoms with van der Waals surface area (Å²) < 4.78 is 0. The lowest BCUT2D eigenvalue weighted by atomic mass is 10.00. The largest absolute Gasteiger partial charge is 0.481 e. The molecule has 0 aromatic rings. The van der Waals surface area contributed by atoms with Gasteiger partial charge in [-0.1, -0.05) is 0 Å². The van der Waals surface area contributed by atoms with Gasteiger partial charge in [0, 0.05) is 26.2 Å². The third-order valence-corrected chi connectivity index (χ3v) is 3.84. The quantitative estimate of drug-likeness (QED) is 0.831. The highest BCUT2D eigenvalue weighted by atomic mass is 16.4. The minimum absolute atomic E-state index is 0.00727. The molecule has 102 valence electrons. The topological polar surface area (TPSA) is 60.9 Å². The monoisotopic (exact) mass is 254 g/mol. The van der Waals surface area contributed by atoms with E-state index in [4.69, 9.17) is 5.11 Å². The Morgan fingerprint density at radius 2 is 2.00 bits per heavy atom. The Balaban J connectivity index is 1.93. The van der Waals surface area contributed by atoms with Crippen LogP contribution in [0.15, 0.2) is 0 Å². The van der Waals surface area contributed by atoms with Crippen LogP contribution in [0.5, 0.6) is 0 Å². The number of rotatable bonds is 4. The average molecular weight is 254 g/mol. The minimum Gasteiger partial charge on any atom is -0.481 e. The molecule has 1 aliphatic heterocycles. The number of likely N-dealkylation sites (tertiary alicyclic amines) is 1. The Morgan fingerprint density at radius 1 is 1.28 bits per heavy atom. The van der Waals surface area contributed by atoms with Gasteiger partial charge in [0.2, 0.25) is 0 Å². The van der Waals surface area contributed by atoms with E-state index in [0.29, 0.717) is 12.5 Å². The van der Waals surface area contributed by atoms with Crippen LogP contribution >= 0.6 is 0 Å². The number of carboxylic acids is 1. The molecular weight excluding hydrogens is 232 g/mol. The molecule has 1 unspecified atom stereocenters. The number of carboxylic acid groups (broad SMARTS) is 1. The smallest absolute Gasteiger partial charge is 0.320 e. The predicted molar refractivity (Wildman–Crippen MR) is 67.3 cm³/mol. The summed E-state index contributed by atoms with van der Waals surface area (Å²) in [5.41, 5.74) is 0. The standard InChI is InChI=1S/C13H22N2O3/c1-14(9-10-5-6-10)13(18)15-7-3-2-4-11(15)8-12(16)17/h10-11H,2-9H2,1H3,(H,16,17). The van der Waals surface area contributed by atoms with Crippen LogP contribution in [0, 0.1) is 5.92 Å². The summed E-state index contributed by atoms with van der Waals surface area (Å²) in [6.45, 7) is 1.51. The first kappa shape index (κ1) is 13.2. The predicted octanol–water partition coefficient (Wildman–Crippen LogP) is 1.78. The van der Waals surface area contributed by atoms with Crippen LogP contribution in [0.4, 0.5) is 4.79 Å². The third kappa shape index (κ3) is 3.37. The van der Waals surface area contributed by atoms with Crippen LogP contribution in [0.2, 0.25) is 0 Å². The molecule has 0 radical (unpaired) electrons. The molecule has 18 heavy (non-hydrogen) atoms. The van der Waals surface area contributed by atoms with Crippen molar-refractivity contribution in [3.63, 3.8) is 0 Å². The maximum absolute atomic E-state index is 12.3. The van der Waals surface area contributed by atoms with Gasteiger partial charge in [-0.3, -0.25) is 4.79 Å². The van der Waals surface area contributed by atoms with Crippen molar-refractivity contribution in [1.29, 1.82) is 0 Å². The highest BCUT2D eigenvalue weighted by molar-refractivity contribution is 5.76. The molecule has 2 fully saturated rings. The Morgan fingerprint density at radius 3 is 2.61 bits per heavy atom. The Kier molecular flexibility index (Phi) is 4.09. The lowest BCUT2D eigenvalue weighted by Gasteiger charge is -2.37. The molecule has 5 nitrogen and oxygen atoms in total. The van der Waals surface area contributed by atoms with Gasteiger partial charge in [-0.25, -0.2) is 4.79 Å². The van der Waals surface area contributed by atoms with Crippen molar-refractivity contribution in [2.75, 3.05) is 20.1 Å². The van der Waals surface area contributed by atoms with E-state index in [9.17, 15) is 9.59 Å². The fourth-order valence-corrected chi connectivity index (χ4v) is 2.65. The number of aliphatic carboxylic acids is 1. The van der Waals surface area contributed by atoms with Crippen molar-refractivity contribution < 1.29 is 14.7 Å². The SMILES string of the molecule is CN(CC1CC1)C(=O)N1CCCCC1CC(=O)O. The third-order valence-electron chi connectivity index (χ3n) is 3.84. The molecule has 1 saturated carbocycles. The second kappa shape index (κ2) is 5.59. The van der Waals surface area contributed by atoms with Gasteiger partial charge in [0.1, 0.15) is 0 Å². The zero-order valence-corrected chi connectivity index (χ0v) is 11.0. The zero-order chi connectivity index (χ0) is 13.1. The summed E-state index contributed by atoms with van der Waals surface area (Å²) in [4.78, 5) is 26.7. The maximum atomic E-state index is 12.3. The van der Waals surface area contributed by atoms with Gasteiger partial charge in [-0.2, -0.15) is 0 Å². The summed E-state index contributed by atoms with van der Waals surface area (Å²) in [6, 6.07) is -0.113. The lowest BCUT2D eigenvalue weighted by molar-refractivity contribution is -0.138. The van der Waals surface area contributed by atoms with Crippen molar-refractivity contribution in [2.45, 2.75) is 44.6 Å². The van der Waals surface area contributed by atoms with E-state index in [2.05, 4.69) is 0 Å². The van der Waals surface area contributed by atoms with Gasteiger partial charge in [-0.05, 0) is 38.0 Å². The highest BCUT2D eigenvalue weighted by Gasteiger charge is 2.32. The average Bonchev–Trinajstić information content (AvgIpc) is 3.12. The normalized spacial score (nSPS) is 23.8. The van der Waals surface area contributed by atoms with Crippen molar-refractivity contribution in [3.05, 3.63) is 0 Å². The lowest BCUT2D eigenvalue weighted by Crippen LogP contribution is -2.50. The molecule has 1 N–H and O–H groups in total. The van der Waals surface area contributed by atoms with Gasteiger partial charge in [0.15, 0.2) is 0 Å². The number of nitrogens with zero attached hydrogens (tertiary/aromatic N) is 2. The maximum Gasteiger partial charge on any atom is 0.320 e. The van der Waals surface area contributed by atoms with Crippen molar-refractivity contribution in [2.24, 2.45) is 5.92 Å². The van der Waals surface area contributed by atoms with Crippen LogP contribution in [0.25, 0.3) is 0 Å². The van der Waals surface area contributed by atoms with Gasteiger partial charge >= 0.3 is 12.0 Å². The molecule has 1 atom stereocenters. The minimum atomic E-state index is -0.815. The molecule has 2 rings (SSSR count). The van der Waals surface area contributed by atoms with E-state index in [1.807, 2.05) is 7.05 Å². The fourth-order valence-electron chi connectivity index (χ4n) is 2.65. The van der Waals surface area contributed by atoms with Crippen molar-refractivity contribution in [1.82, 2.24) is 9.80 Å². The number of urea groups is 1. The van der Waals surface area contributed by atoms with Crippen molar-refractivity contribution in [3.8, 4) is 0 Å². The molecule has 2 amide bonds. The molecule has 0 spiro atoms. The summed E-state index contributed by atoms with van der Waals surface area (Å²) >= 11 is 0. The highest BCUT2D eigenvalue weighted by Crippen LogP contribution is 2.30. The molecule has 1 aliphatic carbocycles. The molecule has 5 heteroatoms. The van der Waals surface area contributed by atoms with Crippen LogP contribution in [-0.4, -0.2) is 53.1 Å². The molecular formula is C13H22N2O3. The van der Waals surface area contributed by atoms with E-state index in [1.165, 1.54) is 12.8 Å². The number of hydrogen-bond donors (Lipinski definition) is 1. The zero-order valence-electron chi connectivity index (χ0n) is 11.0. The molecule has 0 aromatic heterocycles. The second-order valence-electron chi connectivity index (χ2n) is 5.55. The van der Waals surface area contributed by atoms with Gasteiger partial charge in [0.05, 0.1) is 6.42 Å². The Hall–Kier alpha value is -1.26. The van der Waals surface area contributed by atoms with E-state index < -0.39 is 5.97 Å². The summed E-state index contributed by atoms with van der Waals surface area (Å²) in [5.74, 6) is -0.147. The fraction of sp³-hybridized carbons (Fsp3) is 0.846. The van der Waals surface area contributed by atoms with Crippen LogP contribution in [0.1, 0.15) is 38.5 Å². The van der Waals surface area contributed by atoms with Crippen LogP contribution in [0.3, 0.4) is 0 Å². The number of hydrogen-bond acceptors (Lipinski definition) is 2. The van der Waals surface area contributed by atoms with Gasteiger partial charge in [-0.15, -0.1) is 0 Å². The molecule has 0 bridgehead atoms. The first-order valence-corrected chi connectivity index (χ1v) is 6.81. The summed E-state index contributed by atoms with van der Waals surface area (Å²) in [7, 11) is 1.83. The van der Waals surface area contributed by atoms with Crippen LogP contribution in [-0.2, 0) is 4.79 Å². The molecule has 1 heterocycles. The number of amides is 2. The van der Waals surface area contributed by atoms with E-state index in [0.717, 1.165) is 25.8 Å². The number of piperidine rings is 1. The van der Waals surface area contributed by atoms with E-state index in [-0.39, 0.29) is 18.5 Å². The van der Waals surface area contributed by atoms with E-state index in [1.54, 1.807) is 9.80 Å². The second-order valence-corrected chi connectivity index (χ2v) is 5.55. The first-order chi connectivity index (χ1) is 8.58. The number of carbonyl (C=O) groups excluding carboxylic acids is 1. The first-order valence-electron chi connectivity index (χ1n) is 6.81. The summed E-state index contributed by atoms with van der Waals surface area (Å²) in [5, 5.41) is 8.91. The van der Waals surface area contributed by atoms with E-state index >= 15 is 0 Å². The van der Waals surface area contributed by atoms with Crippen molar-refractivity contribution >= 4 is 12.0 Å². The Bertz CT molecular complexity index is 328. The molecule has 1 saturated heterocycles. The van der Waals surface area contributed by atoms with Gasteiger partial charge < -0.3 is 14.9 Å². The molecule has 2 aliphatic rings. The summed E-state index contributed by atoms with van der Waals surface area (Å²) in [6.07, 6.45) is 5.33.